The van der Waals surface area contributed by atoms with Crippen LogP contribution in [0.15, 0.2) is 5.38 Å². The van der Waals surface area contributed by atoms with Crippen molar-refractivity contribution in [3.8, 4) is 0 Å². The van der Waals surface area contributed by atoms with E-state index in [0.29, 0.717) is 6.04 Å². The van der Waals surface area contributed by atoms with Crippen molar-refractivity contribution in [1.29, 1.82) is 0 Å². The summed E-state index contributed by atoms with van der Waals surface area (Å²) in [5, 5.41) is 7.33. The summed E-state index contributed by atoms with van der Waals surface area (Å²) >= 11 is 1.83. The largest absolute Gasteiger partial charge is 0.303 e. The molecule has 2 atom stereocenters. The first-order chi connectivity index (χ1) is 8.52. The predicted octanol–water partition coefficient (Wildman–Crippen LogP) is 4.25. The van der Waals surface area contributed by atoms with Gasteiger partial charge < -0.3 is 5.32 Å². The van der Waals surface area contributed by atoms with E-state index in [2.05, 4.69) is 38.4 Å². The summed E-state index contributed by atoms with van der Waals surface area (Å²) in [5.74, 6) is 0.863. The second-order valence-corrected chi connectivity index (χ2v) is 7.07. The van der Waals surface area contributed by atoms with Gasteiger partial charge in [0, 0.05) is 17.1 Å². The van der Waals surface area contributed by atoms with Crippen LogP contribution in [0.25, 0.3) is 0 Å². The van der Waals surface area contributed by atoms with Crippen molar-refractivity contribution in [1.82, 2.24) is 10.3 Å². The van der Waals surface area contributed by atoms with Crippen molar-refractivity contribution in [2.45, 2.75) is 71.4 Å². The fourth-order valence-electron chi connectivity index (χ4n) is 3.06. The zero-order valence-corrected chi connectivity index (χ0v) is 12.9. The average molecular weight is 266 g/mol. The number of nitrogens with one attached hydrogen (secondary N) is 1. The molecule has 0 aliphatic heterocycles. The van der Waals surface area contributed by atoms with Gasteiger partial charge in [0.15, 0.2) is 0 Å². The maximum atomic E-state index is 4.78. The van der Waals surface area contributed by atoms with E-state index in [4.69, 9.17) is 4.98 Å². The van der Waals surface area contributed by atoms with Crippen LogP contribution < -0.4 is 5.32 Å². The Morgan fingerprint density at radius 2 is 2.17 bits per heavy atom. The number of aromatic nitrogens is 1. The molecule has 0 amide bonds. The molecule has 1 aliphatic carbocycles. The third-order valence-corrected chi connectivity index (χ3v) is 5.12. The van der Waals surface area contributed by atoms with Gasteiger partial charge in [-0.25, -0.2) is 4.98 Å². The van der Waals surface area contributed by atoms with Gasteiger partial charge in [-0.2, -0.15) is 0 Å². The molecular weight excluding hydrogens is 240 g/mol. The lowest BCUT2D eigenvalue weighted by atomic mass is 9.89. The van der Waals surface area contributed by atoms with Gasteiger partial charge in [-0.15, -0.1) is 11.3 Å². The lowest BCUT2D eigenvalue weighted by Gasteiger charge is -2.34. The van der Waals surface area contributed by atoms with Crippen molar-refractivity contribution < 1.29 is 0 Å². The summed E-state index contributed by atoms with van der Waals surface area (Å²) in [6, 6.07) is 0.516. The first-order valence-electron chi connectivity index (χ1n) is 7.22. The first-order valence-corrected chi connectivity index (χ1v) is 8.10. The zero-order chi connectivity index (χ0) is 13.2. The van der Waals surface area contributed by atoms with Crippen molar-refractivity contribution in [2.75, 3.05) is 0 Å². The Morgan fingerprint density at radius 1 is 1.39 bits per heavy atom. The van der Waals surface area contributed by atoms with Crippen LogP contribution in [0.2, 0.25) is 0 Å². The predicted molar refractivity (Wildman–Crippen MR) is 79.0 cm³/mol. The van der Waals surface area contributed by atoms with Crippen LogP contribution in [0.3, 0.4) is 0 Å². The molecule has 1 heterocycles. The van der Waals surface area contributed by atoms with Crippen LogP contribution in [0.1, 0.15) is 63.6 Å². The minimum atomic E-state index is 0.137. The van der Waals surface area contributed by atoms with Crippen LogP contribution >= 0.6 is 11.3 Å². The molecule has 0 radical (unpaired) electrons. The maximum Gasteiger partial charge on any atom is 0.113 e. The van der Waals surface area contributed by atoms with Crippen molar-refractivity contribution in [2.24, 2.45) is 5.92 Å². The second kappa shape index (κ2) is 5.70. The molecule has 0 saturated heterocycles. The summed E-state index contributed by atoms with van der Waals surface area (Å²) in [4.78, 5) is 4.78. The number of hydrogen-bond acceptors (Lipinski definition) is 3. The minimum Gasteiger partial charge on any atom is -0.303 e. The van der Waals surface area contributed by atoms with Gasteiger partial charge in [0.2, 0.25) is 0 Å². The van der Waals surface area contributed by atoms with E-state index in [1.54, 1.807) is 0 Å². The Hall–Kier alpha value is -0.410. The molecule has 1 fully saturated rings. The quantitative estimate of drug-likeness (QED) is 0.828. The summed E-state index contributed by atoms with van der Waals surface area (Å²) in [7, 11) is 0. The number of aryl methyl sites for hydroxylation is 1. The Bertz CT molecular complexity index is 386. The number of nitrogens with zero attached hydrogens (tertiary/aromatic N) is 1. The van der Waals surface area contributed by atoms with E-state index in [-0.39, 0.29) is 5.54 Å². The normalized spacial score (nSPS) is 29.5. The van der Waals surface area contributed by atoms with Crippen molar-refractivity contribution in [3.63, 3.8) is 0 Å². The molecule has 1 aromatic heterocycles. The second-order valence-electron chi connectivity index (χ2n) is 6.21. The molecule has 2 unspecified atom stereocenters. The van der Waals surface area contributed by atoms with Gasteiger partial charge in [-0.05, 0) is 46.0 Å². The Balaban J connectivity index is 2.27. The zero-order valence-electron chi connectivity index (χ0n) is 12.1. The van der Waals surface area contributed by atoms with E-state index in [9.17, 15) is 0 Å². The Kier molecular flexibility index (Phi) is 4.44. The number of rotatable bonds is 3. The van der Waals surface area contributed by atoms with E-state index >= 15 is 0 Å². The van der Waals surface area contributed by atoms with Gasteiger partial charge in [0.25, 0.3) is 0 Å². The fraction of sp³-hybridized carbons (Fsp3) is 0.800. The van der Waals surface area contributed by atoms with E-state index in [1.807, 2.05) is 11.3 Å². The van der Waals surface area contributed by atoms with Crippen LogP contribution in [0.5, 0.6) is 0 Å². The summed E-state index contributed by atoms with van der Waals surface area (Å²) < 4.78 is 0. The molecule has 2 rings (SSSR count). The van der Waals surface area contributed by atoms with E-state index in [0.717, 1.165) is 11.6 Å². The van der Waals surface area contributed by atoms with Crippen LogP contribution in [0.4, 0.5) is 0 Å². The highest BCUT2D eigenvalue weighted by molar-refractivity contribution is 7.09. The number of hydrogen-bond donors (Lipinski definition) is 1. The van der Waals surface area contributed by atoms with Crippen molar-refractivity contribution in [3.05, 3.63) is 16.1 Å². The minimum absolute atomic E-state index is 0.137. The summed E-state index contributed by atoms with van der Waals surface area (Å²) in [5.41, 5.74) is 1.30. The molecule has 0 bridgehead atoms. The van der Waals surface area contributed by atoms with Crippen LogP contribution in [0, 0.1) is 12.8 Å². The van der Waals surface area contributed by atoms with Crippen molar-refractivity contribution >= 4 is 11.3 Å². The molecule has 102 valence electrons. The highest BCUT2D eigenvalue weighted by atomic mass is 32.1. The SMILES string of the molecule is Cc1csc(C2(NC(C)C)CCCC(C)CC2)n1. The van der Waals surface area contributed by atoms with Crippen LogP contribution in [-0.2, 0) is 5.54 Å². The third-order valence-electron chi connectivity index (χ3n) is 3.96. The Morgan fingerprint density at radius 3 is 2.78 bits per heavy atom. The molecule has 0 aromatic carbocycles. The standard InChI is InChI=1S/C15H26N2S/c1-11(2)17-15(14-16-13(4)10-18-14)8-5-6-12(3)7-9-15/h10-12,17H,5-9H2,1-4H3. The van der Waals surface area contributed by atoms with Gasteiger partial charge in [0.05, 0.1) is 5.54 Å². The molecule has 1 saturated carbocycles. The van der Waals surface area contributed by atoms with Gasteiger partial charge >= 0.3 is 0 Å². The molecule has 18 heavy (non-hydrogen) atoms. The molecule has 2 nitrogen and oxygen atoms in total. The molecule has 1 aromatic rings. The number of thiazole rings is 1. The van der Waals surface area contributed by atoms with E-state index in [1.165, 1.54) is 37.1 Å². The van der Waals surface area contributed by atoms with Gasteiger partial charge in [-0.3, -0.25) is 0 Å². The first kappa shape index (κ1) is 14.0. The topological polar surface area (TPSA) is 24.9 Å². The summed E-state index contributed by atoms with van der Waals surface area (Å²) in [6.07, 6.45) is 6.48. The lowest BCUT2D eigenvalue weighted by Crippen LogP contribution is -2.45. The van der Waals surface area contributed by atoms with E-state index < -0.39 is 0 Å². The lowest BCUT2D eigenvalue weighted by molar-refractivity contribution is 0.263. The monoisotopic (exact) mass is 266 g/mol. The molecule has 1 aliphatic rings. The average Bonchev–Trinajstić information content (AvgIpc) is 2.64. The summed E-state index contributed by atoms with van der Waals surface area (Å²) in [6.45, 7) is 8.98. The maximum absolute atomic E-state index is 4.78. The smallest absolute Gasteiger partial charge is 0.113 e. The molecule has 3 heteroatoms. The Labute approximate surface area is 115 Å². The highest BCUT2D eigenvalue weighted by Crippen LogP contribution is 2.39. The van der Waals surface area contributed by atoms with Crippen LogP contribution in [-0.4, -0.2) is 11.0 Å². The van der Waals surface area contributed by atoms with Gasteiger partial charge in [0.1, 0.15) is 5.01 Å². The third kappa shape index (κ3) is 3.12. The highest BCUT2D eigenvalue weighted by Gasteiger charge is 2.36. The molecule has 0 spiro atoms. The molecule has 1 N–H and O–H groups in total. The molecular formula is C15H26N2S. The van der Waals surface area contributed by atoms with Gasteiger partial charge in [-0.1, -0.05) is 19.8 Å². The fourth-order valence-corrected chi connectivity index (χ4v) is 4.08.